The molecule has 0 bridgehead atoms. The fourth-order valence-electron chi connectivity index (χ4n) is 3.00. The van der Waals surface area contributed by atoms with E-state index in [0.29, 0.717) is 6.61 Å². The van der Waals surface area contributed by atoms with Crippen LogP contribution < -0.4 is 5.19 Å². The molecule has 0 aliphatic rings. The maximum atomic E-state index is 10.3. The molecule has 0 saturated heterocycles. The van der Waals surface area contributed by atoms with Gasteiger partial charge in [0, 0.05) is 12.5 Å². The lowest BCUT2D eigenvalue weighted by atomic mass is 9.95. The molecule has 136 valence electrons. The molecule has 2 aromatic rings. The van der Waals surface area contributed by atoms with E-state index in [1.807, 2.05) is 48.5 Å². The number of aliphatic hydroxyl groups excluding tert-OH is 2. The van der Waals surface area contributed by atoms with E-state index in [9.17, 15) is 10.2 Å². The van der Waals surface area contributed by atoms with Gasteiger partial charge in [0.15, 0.2) is 0 Å². The highest BCUT2D eigenvalue weighted by atomic mass is 28.4. The SMILES string of the molecule is CC(C)(C)[Si](C)(OC[C@@H](c1ccccc1)[C@H](O)CO)c1ccccc1. The highest BCUT2D eigenvalue weighted by Crippen LogP contribution is 2.37. The van der Waals surface area contributed by atoms with E-state index in [1.54, 1.807) is 0 Å². The molecular weight excluding hydrogens is 328 g/mol. The Morgan fingerprint density at radius 1 is 0.960 bits per heavy atom. The monoisotopic (exact) mass is 358 g/mol. The fourth-order valence-corrected chi connectivity index (χ4v) is 5.81. The predicted molar refractivity (Wildman–Crippen MR) is 106 cm³/mol. The van der Waals surface area contributed by atoms with E-state index in [1.165, 1.54) is 5.19 Å². The second kappa shape index (κ2) is 8.28. The Balaban J connectivity index is 2.29. The molecule has 25 heavy (non-hydrogen) atoms. The van der Waals surface area contributed by atoms with Crippen molar-refractivity contribution in [1.82, 2.24) is 0 Å². The predicted octanol–water partition coefficient (Wildman–Crippen LogP) is 3.42. The molecule has 3 atom stereocenters. The standard InChI is InChI=1S/C21H30O3Si/c1-21(2,3)25(4,18-13-9-6-10-14-18)24-16-19(20(23)15-22)17-11-7-5-8-12-17/h5-14,19-20,22-23H,15-16H2,1-4H3/t19-,20+,25?/m0/s1. The van der Waals surface area contributed by atoms with E-state index in [2.05, 4.69) is 39.5 Å². The van der Waals surface area contributed by atoms with Gasteiger partial charge in [0.25, 0.3) is 0 Å². The molecule has 0 fully saturated rings. The largest absolute Gasteiger partial charge is 0.411 e. The van der Waals surface area contributed by atoms with Gasteiger partial charge in [-0.3, -0.25) is 0 Å². The molecule has 0 saturated carbocycles. The first-order chi connectivity index (χ1) is 11.8. The van der Waals surface area contributed by atoms with Crippen LogP contribution in [0, 0.1) is 0 Å². The summed E-state index contributed by atoms with van der Waals surface area (Å²) in [5, 5.41) is 21.0. The van der Waals surface area contributed by atoms with Gasteiger partial charge in [-0.2, -0.15) is 0 Å². The first-order valence-electron chi connectivity index (χ1n) is 8.83. The zero-order valence-corrected chi connectivity index (χ0v) is 16.6. The fraction of sp³-hybridized carbons (Fsp3) is 0.429. The summed E-state index contributed by atoms with van der Waals surface area (Å²) < 4.78 is 6.59. The van der Waals surface area contributed by atoms with E-state index in [0.717, 1.165) is 5.56 Å². The summed E-state index contributed by atoms with van der Waals surface area (Å²) in [7, 11) is -2.27. The van der Waals surface area contributed by atoms with Crippen LogP contribution in [0.2, 0.25) is 11.6 Å². The topological polar surface area (TPSA) is 49.7 Å². The van der Waals surface area contributed by atoms with Crippen molar-refractivity contribution in [2.75, 3.05) is 13.2 Å². The van der Waals surface area contributed by atoms with E-state index in [-0.39, 0.29) is 17.6 Å². The molecule has 4 heteroatoms. The normalized spacial score (nSPS) is 16.9. The molecule has 0 amide bonds. The zero-order valence-electron chi connectivity index (χ0n) is 15.6. The average molecular weight is 359 g/mol. The third-order valence-electron chi connectivity index (χ3n) is 5.19. The van der Waals surface area contributed by atoms with Gasteiger partial charge in [-0.25, -0.2) is 0 Å². The van der Waals surface area contributed by atoms with E-state index >= 15 is 0 Å². The molecule has 2 aromatic carbocycles. The molecule has 3 nitrogen and oxygen atoms in total. The number of rotatable bonds is 7. The molecule has 0 aromatic heterocycles. The van der Waals surface area contributed by atoms with E-state index in [4.69, 9.17) is 4.43 Å². The number of benzene rings is 2. The molecule has 0 heterocycles. The molecule has 0 aliphatic carbocycles. The minimum atomic E-state index is -2.27. The van der Waals surface area contributed by atoms with Gasteiger partial charge in [-0.05, 0) is 22.3 Å². The summed E-state index contributed by atoms with van der Waals surface area (Å²) in [6.45, 7) is 8.99. The lowest BCUT2D eigenvalue weighted by molar-refractivity contribution is 0.0547. The van der Waals surface area contributed by atoms with Gasteiger partial charge < -0.3 is 14.6 Å². The minimum Gasteiger partial charge on any atom is -0.411 e. The van der Waals surface area contributed by atoms with Crippen molar-refractivity contribution in [2.45, 2.75) is 44.4 Å². The van der Waals surface area contributed by atoms with Crippen LogP contribution in [-0.4, -0.2) is 37.8 Å². The molecule has 2 rings (SSSR count). The summed E-state index contributed by atoms with van der Waals surface area (Å²) in [6.07, 6.45) is -0.837. The highest BCUT2D eigenvalue weighted by Gasteiger charge is 2.44. The molecule has 1 unspecified atom stereocenters. The summed E-state index contributed by atoms with van der Waals surface area (Å²) in [6, 6.07) is 20.2. The quantitative estimate of drug-likeness (QED) is 0.746. The lowest BCUT2D eigenvalue weighted by Crippen LogP contribution is -2.56. The van der Waals surface area contributed by atoms with Crippen molar-refractivity contribution in [1.29, 1.82) is 0 Å². The van der Waals surface area contributed by atoms with Crippen molar-refractivity contribution in [3.8, 4) is 0 Å². The van der Waals surface area contributed by atoms with Crippen LogP contribution in [0.15, 0.2) is 60.7 Å². The second-order valence-corrected chi connectivity index (χ2v) is 12.2. The summed E-state index contributed by atoms with van der Waals surface area (Å²) in [4.78, 5) is 0. The molecule has 0 radical (unpaired) electrons. The van der Waals surface area contributed by atoms with E-state index < -0.39 is 14.4 Å². The Hall–Kier alpha value is -1.46. The van der Waals surface area contributed by atoms with Crippen LogP contribution in [0.25, 0.3) is 0 Å². The first-order valence-corrected chi connectivity index (χ1v) is 11.2. The van der Waals surface area contributed by atoms with Gasteiger partial charge in [-0.15, -0.1) is 0 Å². The Morgan fingerprint density at radius 3 is 1.96 bits per heavy atom. The minimum absolute atomic E-state index is 0.000240. The molecule has 2 N–H and O–H groups in total. The van der Waals surface area contributed by atoms with Crippen LogP contribution >= 0.6 is 0 Å². The Labute approximate surface area is 152 Å². The smallest absolute Gasteiger partial charge is 0.226 e. The second-order valence-electron chi connectivity index (χ2n) is 7.73. The summed E-state index contributed by atoms with van der Waals surface area (Å²) in [5.74, 6) is -0.246. The van der Waals surface area contributed by atoms with Crippen LogP contribution in [-0.2, 0) is 4.43 Å². The van der Waals surface area contributed by atoms with Crippen LogP contribution in [0.3, 0.4) is 0 Å². The summed E-state index contributed by atoms with van der Waals surface area (Å²) >= 11 is 0. The maximum Gasteiger partial charge on any atom is 0.226 e. The van der Waals surface area contributed by atoms with Crippen molar-refractivity contribution in [3.63, 3.8) is 0 Å². The Kier molecular flexibility index (Phi) is 6.57. The summed E-state index contributed by atoms with van der Waals surface area (Å²) in [5.41, 5.74) is 0.988. The molecule has 0 aliphatic heterocycles. The van der Waals surface area contributed by atoms with Gasteiger partial charge >= 0.3 is 0 Å². The van der Waals surface area contributed by atoms with Gasteiger partial charge in [0.1, 0.15) is 0 Å². The number of hydrogen-bond donors (Lipinski definition) is 2. The highest BCUT2D eigenvalue weighted by molar-refractivity contribution is 6.87. The maximum absolute atomic E-state index is 10.3. The third kappa shape index (κ3) is 4.58. The number of hydrogen-bond acceptors (Lipinski definition) is 3. The van der Waals surface area contributed by atoms with Crippen molar-refractivity contribution in [3.05, 3.63) is 66.2 Å². The van der Waals surface area contributed by atoms with Gasteiger partial charge in [0.2, 0.25) is 8.32 Å². The van der Waals surface area contributed by atoms with Crippen LogP contribution in [0.4, 0.5) is 0 Å². The zero-order chi connectivity index (χ0) is 18.5. The Bertz CT molecular complexity index is 639. The Morgan fingerprint density at radius 2 is 1.48 bits per heavy atom. The number of aliphatic hydroxyl groups is 2. The lowest BCUT2D eigenvalue weighted by Gasteiger charge is -2.41. The van der Waals surface area contributed by atoms with Crippen molar-refractivity contribution >= 4 is 13.5 Å². The molecular formula is C21H30O3Si. The molecule has 0 spiro atoms. The van der Waals surface area contributed by atoms with Crippen molar-refractivity contribution in [2.24, 2.45) is 0 Å². The van der Waals surface area contributed by atoms with Crippen LogP contribution in [0.5, 0.6) is 0 Å². The van der Waals surface area contributed by atoms with Gasteiger partial charge in [-0.1, -0.05) is 81.4 Å². The average Bonchev–Trinajstić information content (AvgIpc) is 2.62. The van der Waals surface area contributed by atoms with Crippen LogP contribution in [0.1, 0.15) is 32.3 Å². The van der Waals surface area contributed by atoms with Gasteiger partial charge in [0.05, 0.1) is 12.7 Å². The first kappa shape index (κ1) is 19.9. The third-order valence-corrected chi connectivity index (χ3v) is 10.2. The van der Waals surface area contributed by atoms with Crippen molar-refractivity contribution < 1.29 is 14.6 Å².